The van der Waals surface area contributed by atoms with Crippen molar-refractivity contribution in [1.82, 2.24) is 4.98 Å². The molecule has 0 radical (unpaired) electrons. The van der Waals surface area contributed by atoms with Crippen LogP contribution in [0.25, 0.3) is 0 Å². The number of carbonyl (C=O) groups excluding carboxylic acids is 2. The van der Waals surface area contributed by atoms with Crippen molar-refractivity contribution in [2.45, 2.75) is 16.6 Å². The summed E-state index contributed by atoms with van der Waals surface area (Å²) in [4.78, 5) is 31.6. The van der Waals surface area contributed by atoms with Crippen LogP contribution >= 0.6 is 23.1 Å². The van der Waals surface area contributed by atoms with Gasteiger partial charge in [-0.2, -0.15) is 0 Å². The molecule has 1 aromatic carbocycles. The second-order valence-electron chi connectivity index (χ2n) is 4.76. The van der Waals surface area contributed by atoms with E-state index in [1.165, 1.54) is 28.0 Å². The highest BCUT2D eigenvalue weighted by molar-refractivity contribution is 8.02. The summed E-state index contributed by atoms with van der Waals surface area (Å²) < 4.78 is -1.20. The Hall–Kier alpha value is -1.86. The molecule has 1 aliphatic heterocycles. The van der Waals surface area contributed by atoms with Crippen molar-refractivity contribution in [3.05, 3.63) is 35.8 Å². The Morgan fingerprint density at radius 3 is 2.86 bits per heavy atom. The summed E-state index contributed by atoms with van der Waals surface area (Å²) in [6, 6.07) is 7.56. The number of amides is 2. The molecule has 0 spiro atoms. The van der Waals surface area contributed by atoms with Crippen LogP contribution in [0.4, 0.5) is 10.8 Å². The molecule has 0 fully saturated rings. The molecule has 1 aliphatic rings. The molecule has 1 unspecified atom stereocenters. The van der Waals surface area contributed by atoms with Crippen molar-refractivity contribution in [3.8, 4) is 0 Å². The van der Waals surface area contributed by atoms with Crippen molar-refractivity contribution in [3.63, 3.8) is 0 Å². The van der Waals surface area contributed by atoms with Crippen LogP contribution in [0, 0.1) is 0 Å². The van der Waals surface area contributed by atoms with E-state index in [0.717, 1.165) is 10.6 Å². The van der Waals surface area contributed by atoms with Crippen molar-refractivity contribution >= 4 is 45.7 Å². The third kappa shape index (κ3) is 2.32. The third-order valence-corrected chi connectivity index (χ3v) is 5.36. The number of benzene rings is 1. The van der Waals surface area contributed by atoms with Gasteiger partial charge in [0.1, 0.15) is 0 Å². The maximum absolute atomic E-state index is 12.6. The van der Waals surface area contributed by atoms with Gasteiger partial charge in [-0.15, -0.1) is 11.3 Å². The lowest BCUT2D eigenvalue weighted by Gasteiger charge is -2.36. The number of hydrogen-bond acceptors (Lipinski definition) is 5. The average molecular weight is 319 g/mol. The van der Waals surface area contributed by atoms with Gasteiger partial charge in [0.15, 0.2) is 9.88 Å². The number of hydrogen-bond donors (Lipinski definition) is 1. The Labute approximate surface area is 130 Å². The van der Waals surface area contributed by atoms with E-state index in [9.17, 15) is 9.59 Å². The molecule has 0 saturated heterocycles. The largest absolute Gasteiger partial charge is 0.313 e. The van der Waals surface area contributed by atoms with Gasteiger partial charge in [-0.1, -0.05) is 23.9 Å². The summed E-state index contributed by atoms with van der Waals surface area (Å²) in [5.41, 5.74) is 0.826. The van der Waals surface area contributed by atoms with Gasteiger partial charge in [-0.3, -0.25) is 9.59 Å². The molecule has 7 heteroatoms. The number of anilines is 2. The Bertz CT molecular complexity index is 702. The fourth-order valence-corrected chi connectivity index (χ4v) is 3.95. The van der Waals surface area contributed by atoms with E-state index in [-0.39, 0.29) is 11.8 Å². The Morgan fingerprint density at radius 2 is 2.14 bits per heavy atom. The van der Waals surface area contributed by atoms with Crippen molar-refractivity contribution in [2.24, 2.45) is 0 Å². The smallest absolute Gasteiger partial charge is 0.252 e. The zero-order valence-electron chi connectivity index (χ0n) is 11.5. The van der Waals surface area contributed by atoms with Crippen LogP contribution in [0.1, 0.15) is 6.92 Å². The molecule has 5 nitrogen and oxygen atoms in total. The molecule has 108 valence electrons. The number of thiazole rings is 1. The van der Waals surface area contributed by atoms with Gasteiger partial charge in [0.2, 0.25) is 0 Å². The van der Waals surface area contributed by atoms with Gasteiger partial charge >= 0.3 is 0 Å². The number of nitrogens with zero attached hydrogens (tertiary/aromatic N) is 2. The number of para-hydroxylation sites is 1. The molecule has 1 aromatic heterocycles. The highest BCUT2D eigenvalue weighted by Gasteiger charge is 2.48. The SMILES string of the molecule is CN1C(=O)C(C)(C(=O)Nc2nccs2)Sc2ccccc21. The first kappa shape index (κ1) is 14.1. The van der Waals surface area contributed by atoms with E-state index >= 15 is 0 Å². The lowest BCUT2D eigenvalue weighted by molar-refractivity contribution is -0.128. The Morgan fingerprint density at radius 1 is 1.38 bits per heavy atom. The molecule has 0 aliphatic carbocycles. The number of aromatic nitrogens is 1. The van der Waals surface area contributed by atoms with Crippen LogP contribution in [-0.4, -0.2) is 28.6 Å². The van der Waals surface area contributed by atoms with E-state index in [4.69, 9.17) is 0 Å². The lowest BCUT2D eigenvalue weighted by atomic mass is 10.1. The molecule has 1 atom stereocenters. The molecule has 0 bridgehead atoms. The molecule has 2 aromatic rings. The second kappa shape index (κ2) is 5.16. The summed E-state index contributed by atoms with van der Waals surface area (Å²) in [6.45, 7) is 1.65. The van der Waals surface area contributed by atoms with Crippen molar-refractivity contribution < 1.29 is 9.59 Å². The average Bonchev–Trinajstić information content (AvgIpc) is 2.98. The van der Waals surface area contributed by atoms with E-state index in [1.807, 2.05) is 24.3 Å². The predicted molar refractivity (Wildman–Crippen MR) is 84.9 cm³/mol. The van der Waals surface area contributed by atoms with E-state index in [1.54, 1.807) is 25.5 Å². The first-order chi connectivity index (χ1) is 10.0. The third-order valence-electron chi connectivity index (χ3n) is 3.34. The first-order valence-electron chi connectivity index (χ1n) is 6.29. The molecule has 1 N–H and O–H groups in total. The minimum atomic E-state index is -1.20. The quantitative estimate of drug-likeness (QED) is 0.864. The minimum Gasteiger partial charge on any atom is -0.313 e. The maximum atomic E-state index is 12.6. The normalized spacial score (nSPS) is 21.0. The van der Waals surface area contributed by atoms with Gasteiger partial charge in [-0.25, -0.2) is 4.98 Å². The van der Waals surface area contributed by atoms with Gasteiger partial charge in [0, 0.05) is 23.5 Å². The van der Waals surface area contributed by atoms with Gasteiger partial charge in [0.25, 0.3) is 11.8 Å². The van der Waals surface area contributed by atoms with Crippen LogP contribution in [0.5, 0.6) is 0 Å². The van der Waals surface area contributed by atoms with Crippen molar-refractivity contribution in [1.29, 1.82) is 0 Å². The number of thioether (sulfide) groups is 1. The molecule has 21 heavy (non-hydrogen) atoms. The molecular weight excluding hydrogens is 306 g/mol. The standard InChI is InChI=1S/C14H13N3O2S2/c1-14(11(18)16-13-15-7-8-20-13)12(19)17(2)9-5-3-4-6-10(9)21-14/h3-8H,1-2H3,(H,15,16,18). The van der Waals surface area contributed by atoms with Gasteiger partial charge in [0.05, 0.1) is 5.69 Å². The molecule has 3 rings (SSSR count). The van der Waals surface area contributed by atoms with Crippen molar-refractivity contribution in [2.75, 3.05) is 17.3 Å². The molecular formula is C14H13N3O2S2. The van der Waals surface area contributed by atoms with Crippen LogP contribution in [0.15, 0.2) is 40.7 Å². The maximum Gasteiger partial charge on any atom is 0.252 e. The Balaban J connectivity index is 1.94. The summed E-state index contributed by atoms with van der Waals surface area (Å²) in [7, 11) is 1.69. The van der Waals surface area contributed by atoms with Gasteiger partial charge < -0.3 is 10.2 Å². The number of nitrogens with one attached hydrogen (secondary N) is 1. The summed E-state index contributed by atoms with van der Waals surface area (Å²) >= 11 is 2.60. The molecule has 0 saturated carbocycles. The fourth-order valence-electron chi connectivity index (χ4n) is 2.16. The van der Waals surface area contributed by atoms with Crippen LogP contribution < -0.4 is 10.2 Å². The van der Waals surface area contributed by atoms with E-state index in [2.05, 4.69) is 10.3 Å². The topological polar surface area (TPSA) is 62.3 Å². The number of rotatable bonds is 2. The summed E-state index contributed by atoms with van der Waals surface area (Å²) in [5.74, 6) is -0.589. The first-order valence-corrected chi connectivity index (χ1v) is 7.99. The molecule has 2 amide bonds. The fraction of sp³-hybridized carbons (Fsp3) is 0.214. The minimum absolute atomic E-state index is 0.236. The zero-order valence-corrected chi connectivity index (χ0v) is 13.1. The summed E-state index contributed by atoms with van der Waals surface area (Å²) in [5, 5.41) is 4.98. The predicted octanol–water partition coefficient (Wildman–Crippen LogP) is 2.61. The number of carbonyl (C=O) groups is 2. The molecule has 2 heterocycles. The van der Waals surface area contributed by atoms with Crippen LogP contribution in [0.3, 0.4) is 0 Å². The Kier molecular flexibility index (Phi) is 3.46. The van der Waals surface area contributed by atoms with E-state index in [0.29, 0.717) is 5.13 Å². The number of fused-ring (bicyclic) bond motifs is 1. The van der Waals surface area contributed by atoms with Crippen LogP contribution in [0.2, 0.25) is 0 Å². The zero-order chi connectivity index (χ0) is 15.0. The van der Waals surface area contributed by atoms with Gasteiger partial charge in [-0.05, 0) is 19.1 Å². The van der Waals surface area contributed by atoms with E-state index < -0.39 is 4.75 Å². The second-order valence-corrected chi connectivity index (χ2v) is 7.11. The highest BCUT2D eigenvalue weighted by atomic mass is 32.2. The monoisotopic (exact) mass is 319 g/mol. The summed E-state index contributed by atoms with van der Waals surface area (Å²) in [6.07, 6.45) is 1.61. The highest BCUT2D eigenvalue weighted by Crippen LogP contribution is 2.45. The lowest BCUT2D eigenvalue weighted by Crippen LogP contribution is -2.53. The van der Waals surface area contributed by atoms with Crippen LogP contribution in [-0.2, 0) is 9.59 Å².